The molecule has 276 valence electrons. The molecule has 4 heterocycles. The summed E-state index contributed by atoms with van der Waals surface area (Å²) in [6, 6.07) is 25.7. The molecule has 0 spiro atoms. The number of ketones is 1. The Morgan fingerprint density at radius 1 is 0.907 bits per heavy atom. The standard InChI is InChI=1S/C25H23F3N6.C17H16O3/c1-16-14-33(15-29-16)22-11-9-18(30-17(22)2)10-12-23-31-24-20(7-5-13-34(24)32-23)19-6-3-4-8-21(19)25(26,27)28;1-12(13-7-3-2-4-8-13)11-16(18)14-9-5-6-10-15(14)17(19)20/h3-4,6,8-12,14-15,20H,5,7,13H2,1-2H3;2-10,12H,11H2,1H3,(H,19,20)/b12-10+;/t20-;12-/m00/s1. The number of fused-ring (bicyclic) bond motifs is 1. The minimum Gasteiger partial charge on any atom is -0.478 e. The highest BCUT2D eigenvalue weighted by Crippen LogP contribution is 2.40. The average molecular weight is 733 g/mol. The third kappa shape index (κ3) is 8.71. The van der Waals surface area contributed by atoms with Crippen LogP contribution in [0.15, 0.2) is 104 Å². The highest BCUT2D eigenvalue weighted by atomic mass is 19.4. The first-order valence-electron chi connectivity index (χ1n) is 17.6. The molecule has 0 aliphatic carbocycles. The van der Waals surface area contributed by atoms with E-state index in [4.69, 9.17) is 5.11 Å². The molecule has 1 N–H and O–H groups in total. The average Bonchev–Trinajstić information content (AvgIpc) is 3.80. The summed E-state index contributed by atoms with van der Waals surface area (Å²) in [7, 11) is 0. The van der Waals surface area contributed by atoms with E-state index in [0.29, 0.717) is 31.0 Å². The summed E-state index contributed by atoms with van der Waals surface area (Å²) in [6.07, 6.45) is 4.49. The first kappa shape index (κ1) is 37.6. The molecule has 0 radical (unpaired) electrons. The Labute approximate surface area is 310 Å². The SMILES string of the molecule is C[C@@H](CC(=O)c1ccccc1C(=O)O)c1ccccc1.Cc1cn(-c2ccc(/C=C/c3nc4n(n3)CCC[C@H]4c3ccccc3C(F)(F)F)nc2C)cn1. The lowest BCUT2D eigenvalue weighted by Crippen LogP contribution is -2.21. The number of carboxylic acid groups (broad SMARTS) is 1. The van der Waals surface area contributed by atoms with Crippen molar-refractivity contribution in [2.45, 2.75) is 64.6 Å². The lowest BCUT2D eigenvalue weighted by molar-refractivity contribution is -0.138. The Hall–Kier alpha value is -6.17. The summed E-state index contributed by atoms with van der Waals surface area (Å²) in [5.41, 5.74) is 4.52. The number of aromatic nitrogens is 6. The molecule has 0 saturated carbocycles. The number of benzene rings is 3. The largest absolute Gasteiger partial charge is 0.478 e. The number of alkyl halides is 3. The summed E-state index contributed by atoms with van der Waals surface area (Å²) in [5, 5.41) is 13.6. The van der Waals surface area contributed by atoms with Crippen molar-refractivity contribution in [1.82, 2.24) is 29.3 Å². The van der Waals surface area contributed by atoms with Gasteiger partial charge < -0.3 is 9.67 Å². The van der Waals surface area contributed by atoms with E-state index >= 15 is 0 Å². The Kier molecular flexibility index (Phi) is 11.3. The molecule has 1 aliphatic heterocycles. The van der Waals surface area contributed by atoms with E-state index in [9.17, 15) is 22.8 Å². The second-order valence-electron chi connectivity index (χ2n) is 13.2. The van der Waals surface area contributed by atoms with Gasteiger partial charge in [-0.1, -0.05) is 73.7 Å². The molecule has 3 aromatic carbocycles. The summed E-state index contributed by atoms with van der Waals surface area (Å²) in [4.78, 5) is 36.9. The summed E-state index contributed by atoms with van der Waals surface area (Å²) in [5.74, 6) is -0.566. The Morgan fingerprint density at radius 2 is 1.61 bits per heavy atom. The number of Topliss-reactive ketones (excluding diaryl/α,β-unsaturated/α-hetero) is 1. The molecule has 7 rings (SSSR count). The number of carbonyl (C=O) groups is 2. The number of hydrogen-bond acceptors (Lipinski definition) is 6. The molecule has 1 aliphatic rings. The Morgan fingerprint density at radius 3 is 2.30 bits per heavy atom. The monoisotopic (exact) mass is 732 g/mol. The summed E-state index contributed by atoms with van der Waals surface area (Å²) < 4.78 is 44.4. The number of carboxylic acids is 1. The van der Waals surface area contributed by atoms with Crippen molar-refractivity contribution >= 4 is 23.9 Å². The second kappa shape index (κ2) is 16.2. The molecule has 12 heteroatoms. The number of imidazole rings is 1. The molecule has 9 nitrogen and oxygen atoms in total. The number of rotatable bonds is 9. The molecule has 3 aromatic heterocycles. The zero-order chi connectivity index (χ0) is 38.4. The number of aryl methyl sites for hydroxylation is 3. The van der Waals surface area contributed by atoms with E-state index in [1.54, 1.807) is 47.4 Å². The predicted octanol–water partition coefficient (Wildman–Crippen LogP) is 9.35. The zero-order valence-corrected chi connectivity index (χ0v) is 30.0. The van der Waals surface area contributed by atoms with Gasteiger partial charge in [-0.2, -0.15) is 18.3 Å². The van der Waals surface area contributed by atoms with Crippen LogP contribution < -0.4 is 0 Å². The lowest BCUT2D eigenvalue weighted by Gasteiger charge is -2.25. The molecule has 2 atom stereocenters. The van der Waals surface area contributed by atoms with Crippen molar-refractivity contribution in [3.8, 4) is 5.69 Å². The molecule has 0 saturated heterocycles. The topological polar surface area (TPSA) is 116 Å². The van der Waals surface area contributed by atoms with Gasteiger partial charge in [-0.25, -0.2) is 19.4 Å². The van der Waals surface area contributed by atoms with Gasteiger partial charge in [0.2, 0.25) is 0 Å². The Balaban J connectivity index is 0.000000212. The van der Waals surface area contributed by atoms with Gasteiger partial charge >= 0.3 is 12.1 Å². The van der Waals surface area contributed by atoms with E-state index in [2.05, 4.69) is 20.1 Å². The number of pyridine rings is 1. The molecule has 54 heavy (non-hydrogen) atoms. The third-order valence-corrected chi connectivity index (χ3v) is 9.32. The highest BCUT2D eigenvalue weighted by Gasteiger charge is 2.37. The number of carbonyl (C=O) groups excluding carboxylic acids is 1. The molecular formula is C42H39F3N6O3. The van der Waals surface area contributed by atoms with Crippen LogP contribution in [0.1, 0.15) is 104 Å². The molecule has 0 amide bonds. The van der Waals surface area contributed by atoms with E-state index in [1.165, 1.54) is 12.1 Å². The quantitative estimate of drug-likeness (QED) is 0.147. The molecule has 0 fully saturated rings. The highest BCUT2D eigenvalue weighted by molar-refractivity contribution is 6.06. The number of nitrogens with zero attached hydrogens (tertiary/aromatic N) is 6. The number of hydrogen-bond donors (Lipinski definition) is 1. The van der Waals surface area contributed by atoms with E-state index < -0.39 is 23.6 Å². The van der Waals surface area contributed by atoms with Gasteiger partial charge in [-0.3, -0.25) is 9.78 Å². The van der Waals surface area contributed by atoms with Crippen molar-refractivity contribution in [1.29, 1.82) is 0 Å². The van der Waals surface area contributed by atoms with Gasteiger partial charge in [0.1, 0.15) is 5.82 Å². The van der Waals surface area contributed by atoms with Crippen molar-refractivity contribution in [3.05, 3.63) is 160 Å². The fraction of sp³-hybridized carbons (Fsp3) is 0.238. The minimum absolute atomic E-state index is 0.0607. The van der Waals surface area contributed by atoms with Gasteiger partial charge in [-0.05, 0) is 80.2 Å². The van der Waals surface area contributed by atoms with Crippen LogP contribution in [0.5, 0.6) is 0 Å². The van der Waals surface area contributed by atoms with E-state index in [-0.39, 0.29) is 28.4 Å². The van der Waals surface area contributed by atoms with Gasteiger partial charge in [0.15, 0.2) is 11.6 Å². The van der Waals surface area contributed by atoms with Crippen LogP contribution in [0.4, 0.5) is 13.2 Å². The summed E-state index contributed by atoms with van der Waals surface area (Å²) in [6.45, 7) is 6.46. The maximum Gasteiger partial charge on any atom is 0.416 e. The van der Waals surface area contributed by atoms with Gasteiger partial charge in [0.25, 0.3) is 0 Å². The predicted molar refractivity (Wildman–Crippen MR) is 200 cm³/mol. The molecule has 0 unspecified atom stereocenters. The first-order chi connectivity index (χ1) is 25.9. The maximum absolute atomic E-state index is 13.6. The van der Waals surface area contributed by atoms with Gasteiger partial charge in [0, 0.05) is 30.6 Å². The molecule has 6 aromatic rings. The smallest absolute Gasteiger partial charge is 0.416 e. The minimum atomic E-state index is -4.41. The van der Waals surface area contributed by atoms with Gasteiger partial charge in [-0.15, -0.1) is 0 Å². The van der Waals surface area contributed by atoms with E-state index in [0.717, 1.165) is 40.8 Å². The zero-order valence-electron chi connectivity index (χ0n) is 30.0. The van der Waals surface area contributed by atoms with Crippen LogP contribution in [0.3, 0.4) is 0 Å². The third-order valence-electron chi connectivity index (χ3n) is 9.32. The van der Waals surface area contributed by atoms with Crippen molar-refractivity contribution < 1.29 is 27.9 Å². The van der Waals surface area contributed by atoms with Crippen molar-refractivity contribution in [2.24, 2.45) is 0 Å². The van der Waals surface area contributed by atoms with Crippen molar-refractivity contribution in [3.63, 3.8) is 0 Å². The maximum atomic E-state index is 13.6. The van der Waals surface area contributed by atoms with Crippen LogP contribution in [0.2, 0.25) is 0 Å². The fourth-order valence-corrected chi connectivity index (χ4v) is 6.65. The lowest BCUT2D eigenvalue weighted by atomic mass is 9.88. The number of halogens is 3. The van der Waals surface area contributed by atoms with E-state index in [1.807, 2.05) is 80.1 Å². The normalized spacial score (nSPS) is 14.6. The molecule has 0 bridgehead atoms. The van der Waals surface area contributed by atoms with Crippen LogP contribution in [0, 0.1) is 13.8 Å². The second-order valence-corrected chi connectivity index (χ2v) is 13.2. The summed E-state index contributed by atoms with van der Waals surface area (Å²) >= 11 is 0. The van der Waals surface area contributed by atoms with Crippen LogP contribution in [0.25, 0.3) is 17.8 Å². The van der Waals surface area contributed by atoms with Crippen LogP contribution in [-0.2, 0) is 12.7 Å². The Bertz CT molecular complexity index is 2290. The van der Waals surface area contributed by atoms with Gasteiger partial charge in [0.05, 0.1) is 40.2 Å². The van der Waals surface area contributed by atoms with Crippen molar-refractivity contribution in [2.75, 3.05) is 0 Å². The fourth-order valence-electron chi connectivity index (χ4n) is 6.65. The number of aromatic carboxylic acids is 1. The molecular weight excluding hydrogens is 693 g/mol. The first-order valence-corrected chi connectivity index (χ1v) is 17.6. The van der Waals surface area contributed by atoms with Crippen LogP contribution in [-0.4, -0.2) is 46.2 Å². The van der Waals surface area contributed by atoms with Crippen LogP contribution >= 0.6 is 0 Å².